The second-order valence-electron chi connectivity index (χ2n) is 7.47. The Balaban J connectivity index is 1.61. The molecule has 31 heavy (non-hydrogen) atoms. The number of nitrogens with zero attached hydrogens (tertiary/aromatic N) is 2. The number of carbonyl (C=O) groups is 1. The van der Waals surface area contributed by atoms with Crippen LogP contribution in [0, 0.1) is 0 Å². The number of benzene rings is 3. The molecule has 4 rings (SSSR count). The van der Waals surface area contributed by atoms with Gasteiger partial charge in [0.2, 0.25) is 0 Å². The maximum absolute atomic E-state index is 13.3. The zero-order chi connectivity index (χ0) is 22.0. The van der Waals surface area contributed by atoms with Crippen molar-refractivity contribution in [2.24, 2.45) is 0 Å². The highest BCUT2D eigenvalue weighted by molar-refractivity contribution is 8.00. The molecule has 5 nitrogen and oxygen atoms in total. The summed E-state index contributed by atoms with van der Waals surface area (Å²) in [6.45, 7) is 2.79. The maximum Gasteiger partial charge on any atom is 0.264 e. The first-order valence-corrected chi connectivity index (χ1v) is 12.4. The molecule has 1 amide bonds. The zero-order valence-corrected chi connectivity index (χ0v) is 19.1. The number of carbonyl (C=O) groups excluding carboxylic acids is 1. The highest BCUT2D eigenvalue weighted by Crippen LogP contribution is 2.37. The van der Waals surface area contributed by atoms with Crippen LogP contribution in [-0.4, -0.2) is 33.2 Å². The Bertz CT molecular complexity index is 1180. The molecule has 7 heteroatoms. The van der Waals surface area contributed by atoms with Gasteiger partial charge in [0.05, 0.1) is 16.3 Å². The Kier molecular flexibility index (Phi) is 6.07. The molecule has 1 unspecified atom stereocenters. The Morgan fingerprint density at radius 1 is 0.968 bits per heavy atom. The smallest absolute Gasteiger partial charge is 0.264 e. The summed E-state index contributed by atoms with van der Waals surface area (Å²) in [5.74, 6) is -0.123. The standard InChI is InChI=1S/C24H24N2O3S2/c1-18-16-17-26(22-10-6-7-11-23(22)30-18)24(27)19-12-14-21(15-13-19)31(28,29)25(2)20-8-4-3-5-9-20/h3-15,18H,16-17H2,1-2H3. The number of hydrogen-bond donors (Lipinski definition) is 0. The lowest BCUT2D eigenvalue weighted by Crippen LogP contribution is -2.32. The lowest BCUT2D eigenvalue weighted by Gasteiger charge is -2.23. The zero-order valence-electron chi connectivity index (χ0n) is 17.4. The number of rotatable bonds is 4. The van der Waals surface area contributed by atoms with Gasteiger partial charge in [-0.1, -0.05) is 37.3 Å². The van der Waals surface area contributed by atoms with Crippen LogP contribution in [0.5, 0.6) is 0 Å². The van der Waals surface area contributed by atoms with Crippen LogP contribution in [0.2, 0.25) is 0 Å². The van der Waals surface area contributed by atoms with E-state index in [0.717, 1.165) is 17.0 Å². The molecule has 1 aliphatic heterocycles. The molecule has 0 saturated carbocycles. The van der Waals surface area contributed by atoms with Gasteiger partial charge in [-0.05, 0) is 55.0 Å². The molecule has 0 fully saturated rings. The van der Waals surface area contributed by atoms with Crippen molar-refractivity contribution in [1.29, 1.82) is 0 Å². The second kappa shape index (κ2) is 8.77. The molecule has 0 aliphatic carbocycles. The Labute approximate surface area is 187 Å². The van der Waals surface area contributed by atoms with E-state index in [0.29, 0.717) is 23.0 Å². The summed E-state index contributed by atoms with van der Waals surface area (Å²) in [5.41, 5.74) is 1.95. The molecule has 0 saturated heterocycles. The summed E-state index contributed by atoms with van der Waals surface area (Å²) < 4.78 is 27.2. The van der Waals surface area contributed by atoms with Gasteiger partial charge >= 0.3 is 0 Å². The number of fused-ring (bicyclic) bond motifs is 1. The third kappa shape index (κ3) is 4.34. The molecule has 1 aliphatic rings. The van der Waals surface area contributed by atoms with Crippen LogP contribution in [0.15, 0.2) is 88.7 Å². The predicted molar refractivity (Wildman–Crippen MR) is 127 cm³/mol. The minimum absolute atomic E-state index is 0.123. The maximum atomic E-state index is 13.3. The number of para-hydroxylation sites is 2. The van der Waals surface area contributed by atoms with Gasteiger partial charge in [0.25, 0.3) is 15.9 Å². The molecule has 0 radical (unpaired) electrons. The monoisotopic (exact) mass is 452 g/mol. The third-order valence-corrected chi connectivity index (χ3v) is 8.41. The summed E-state index contributed by atoms with van der Waals surface area (Å²) >= 11 is 1.78. The van der Waals surface area contributed by atoms with E-state index >= 15 is 0 Å². The van der Waals surface area contributed by atoms with Crippen LogP contribution in [0.1, 0.15) is 23.7 Å². The average molecular weight is 453 g/mol. The summed E-state index contributed by atoms with van der Waals surface area (Å²) in [7, 11) is -2.19. The fourth-order valence-corrected chi connectivity index (χ4v) is 5.87. The number of sulfonamides is 1. The summed E-state index contributed by atoms with van der Waals surface area (Å²) in [5, 5.41) is 0.417. The van der Waals surface area contributed by atoms with Crippen molar-refractivity contribution in [1.82, 2.24) is 0 Å². The first kappa shape index (κ1) is 21.5. The van der Waals surface area contributed by atoms with Gasteiger partial charge in [-0.15, -0.1) is 11.8 Å². The van der Waals surface area contributed by atoms with Crippen molar-refractivity contribution in [3.8, 4) is 0 Å². The molecule has 0 bridgehead atoms. The van der Waals surface area contributed by atoms with E-state index in [1.165, 1.54) is 23.5 Å². The predicted octanol–water partition coefficient (Wildman–Crippen LogP) is 5.04. The fraction of sp³-hybridized carbons (Fsp3) is 0.208. The minimum Gasteiger partial charge on any atom is -0.307 e. The van der Waals surface area contributed by atoms with E-state index in [4.69, 9.17) is 0 Å². The molecule has 1 heterocycles. The first-order chi connectivity index (χ1) is 14.9. The number of amides is 1. The lowest BCUT2D eigenvalue weighted by atomic mass is 10.1. The Morgan fingerprint density at radius 3 is 2.32 bits per heavy atom. The molecule has 0 aromatic heterocycles. The molecular formula is C24H24N2O3S2. The fourth-order valence-electron chi connectivity index (χ4n) is 3.56. The largest absolute Gasteiger partial charge is 0.307 e. The van der Waals surface area contributed by atoms with E-state index in [1.807, 2.05) is 30.3 Å². The van der Waals surface area contributed by atoms with Crippen LogP contribution in [0.25, 0.3) is 0 Å². The van der Waals surface area contributed by atoms with Crippen LogP contribution in [0.3, 0.4) is 0 Å². The quantitative estimate of drug-likeness (QED) is 0.556. The molecule has 0 spiro atoms. The van der Waals surface area contributed by atoms with Crippen molar-refractivity contribution in [2.45, 2.75) is 28.4 Å². The van der Waals surface area contributed by atoms with Crippen molar-refractivity contribution in [2.75, 3.05) is 22.8 Å². The Morgan fingerprint density at radius 2 is 1.61 bits per heavy atom. The van der Waals surface area contributed by atoms with Crippen LogP contribution >= 0.6 is 11.8 Å². The highest BCUT2D eigenvalue weighted by atomic mass is 32.2. The van der Waals surface area contributed by atoms with Gasteiger partial charge in [-0.25, -0.2) is 8.42 Å². The van der Waals surface area contributed by atoms with E-state index < -0.39 is 10.0 Å². The van der Waals surface area contributed by atoms with Crippen LogP contribution in [-0.2, 0) is 10.0 Å². The SMILES string of the molecule is CC1CCN(C(=O)c2ccc(S(=O)(=O)N(C)c3ccccc3)cc2)c2ccccc2S1. The topological polar surface area (TPSA) is 57.7 Å². The van der Waals surface area contributed by atoms with E-state index in [9.17, 15) is 13.2 Å². The normalized spacial score (nSPS) is 16.3. The second-order valence-corrected chi connectivity index (χ2v) is 10.9. The summed E-state index contributed by atoms with van der Waals surface area (Å²) in [6.07, 6.45) is 0.888. The minimum atomic E-state index is -3.72. The lowest BCUT2D eigenvalue weighted by molar-refractivity contribution is 0.0986. The van der Waals surface area contributed by atoms with Gasteiger partial charge in [0.1, 0.15) is 0 Å². The van der Waals surface area contributed by atoms with E-state index in [2.05, 4.69) is 6.92 Å². The molecule has 3 aromatic carbocycles. The third-order valence-electron chi connectivity index (χ3n) is 5.37. The van der Waals surface area contributed by atoms with Gasteiger partial charge in [-0.2, -0.15) is 0 Å². The van der Waals surface area contributed by atoms with Crippen LogP contribution < -0.4 is 9.21 Å². The number of hydrogen-bond acceptors (Lipinski definition) is 4. The first-order valence-electron chi connectivity index (χ1n) is 10.1. The molecule has 3 aromatic rings. The van der Waals surface area contributed by atoms with Gasteiger partial charge in [-0.3, -0.25) is 9.10 Å². The van der Waals surface area contributed by atoms with Crippen LogP contribution in [0.4, 0.5) is 11.4 Å². The van der Waals surface area contributed by atoms with Gasteiger partial charge in [0, 0.05) is 29.3 Å². The summed E-state index contributed by atoms with van der Waals surface area (Å²) in [4.78, 5) is 16.3. The number of thioether (sulfide) groups is 1. The van der Waals surface area contributed by atoms with Crippen molar-refractivity contribution >= 4 is 39.1 Å². The van der Waals surface area contributed by atoms with Crippen molar-refractivity contribution < 1.29 is 13.2 Å². The van der Waals surface area contributed by atoms with Crippen molar-refractivity contribution in [3.63, 3.8) is 0 Å². The highest BCUT2D eigenvalue weighted by Gasteiger charge is 2.26. The number of anilines is 2. The molecule has 0 N–H and O–H groups in total. The summed E-state index contributed by atoms with van der Waals surface area (Å²) in [6, 6.07) is 23.0. The molecule has 160 valence electrons. The van der Waals surface area contributed by atoms with E-state index in [1.54, 1.807) is 53.1 Å². The average Bonchev–Trinajstić information content (AvgIpc) is 2.97. The van der Waals surface area contributed by atoms with Gasteiger partial charge < -0.3 is 4.90 Å². The van der Waals surface area contributed by atoms with Gasteiger partial charge in [0.15, 0.2) is 0 Å². The Hall–Kier alpha value is -2.77. The molecular weight excluding hydrogens is 428 g/mol. The van der Waals surface area contributed by atoms with E-state index in [-0.39, 0.29) is 10.8 Å². The van der Waals surface area contributed by atoms with Crippen molar-refractivity contribution in [3.05, 3.63) is 84.4 Å². The molecule has 1 atom stereocenters.